The molecule has 0 saturated heterocycles. The first-order chi connectivity index (χ1) is 7.75. The molecule has 1 aromatic heterocycles. The average Bonchev–Trinajstić information content (AvgIpc) is 2.32. The minimum Gasteiger partial charge on any atom is -0.384 e. The summed E-state index contributed by atoms with van der Waals surface area (Å²) < 4.78 is 0. The highest BCUT2D eigenvalue weighted by Crippen LogP contribution is 2.20. The van der Waals surface area contributed by atoms with Crippen LogP contribution in [0.4, 0.5) is 5.69 Å². The lowest BCUT2D eigenvalue weighted by molar-refractivity contribution is 0.504. The molecule has 1 N–H and O–H groups in total. The fraction of sp³-hybridized carbons (Fsp3) is 0.462. The van der Waals surface area contributed by atoms with E-state index in [-0.39, 0.29) is 0 Å². The quantitative estimate of drug-likeness (QED) is 0.638. The number of nitrogens with one attached hydrogen (secondary N) is 1. The molecule has 0 fully saturated rings. The lowest BCUT2D eigenvalue weighted by atomic mass is 9.94. The van der Waals surface area contributed by atoms with Crippen molar-refractivity contribution in [3.8, 4) is 0 Å². The molecular weight excluding hydrogens is 220 g/mol. The van der Waals surface area contributed by atoms with Gasteiger partial charge in [-0.1, -0.05) is 23.8 Å². The van der Waals surface area contributed by atoms with Crippen molar-refractivity contribution >= 4 is 17.3 Å². The maximum Gasteiger partial charge on any atom is 0.132 e. The van der Waals surface area contributed by atoms with Crippen molar-refractivity contribution in [1.82, 2.24) is 4.98 Å². The first kappa shape index (κ1) is 11.5. The molecule has 2 rings (SSSR count). The number of aryl methyl sites for hydroxylation is 1. The smallest absolute Gasteiger partial charge is 0.132 e. The van der Waals surface area contributed by atoms with Crippen LogP contribution in [0.15, 0.2) is 24.4 Å². The van der Waals surface area contributed by atoms with E-state index in [0.29, 0.717) is 5.15 Å². The molecule has 1 atom stereocenters. The number of nitrogens with zero attached hydrogens (tertiary/aromatic N) is 1. The fourth-order valence-electron chi connectivity index (χ4n) is 1.96. The van der Waals surface area contributed by atoms with E-state index in [2.05, 4.69) is 22.5 Å². The van der Waals surface area contributed by atoms with Gasteiger partial charge in [0.15, 0.2) is 0 Å². The number of aromatic nitrogens is 1. The van der Waals surface area contributed by atoms with Gasteiger partial charge in [0.25, 0.3) is 0 Å². The van der Waals surface area contributed by atoms with E-state index >= 15 is 0 Å². The molecule has 1 aliphatic carbocycles. The SMILES string of the molecule is Cc1cc(NCC2CC=CCC2)cnc1Cl. The Kier molecular flexibility index (Phi) is 3.83. The third-order valence-corrected chi connectivity index (χ3v) is 3.38. The summed E-state index contributed by atoms with van der Waals surface area (Å²) in [6.07, 6.45) is 10.0. The monoisotopic (exact) mass is 236 g/mol. The van der Waals surface area contributed by atoms with Crippen LogP contribution in [-0.4, -0.2) is 11.5 Å². The Bertz CT molecular complexity index is 388. The van der Waals surface area contributed by atoms with Gasteiger partial charge >= 0.3 is 0 Å². The molecule has 0 radical (unpaired) electrons. The standard InChI is InChI=1S/C13H17ClN2/c1-10-7-12(9-16-13(10)14)15-8-11-5-3-2-4-6-11/h2-3,7,9,11,15H,4-6,8H2,1H3. The third kappa shape index (κ3) is 2.99. The van der Waals surface area contributed by atoms with Crippen LogP contribution in [0, 0.1) is 12.8 Å². The number of anilines is 1. The molecular formula is C13H17ClN2. The average molecular weight is 237 g/mol. The van der Waals surface area contributed by atoms with Gasteiger partial charge in [0.05, 0.1) is 11.9 Å². The second-order valence-electron chi connectivity index (χ2n) is 4.36. The van der Waals surface area contributed by atoms with Crippen molar-refractivity contribution in [3.63, 3.8) is 0 Å². The summed E-state index contributed by atoms with van der Waals surface area (Å²) in [7, 11) is 0. The van der Waals surface area contributed by atoms with E-state index < -0.39 is 0 Å². The Labute approximate surface area is 102 Å². The lowest BCUT2D eigenvalue weighted by Gasteiger charge is -2.18. The highest BCUT2D eigenvalue weighted by Gasteiger charge is 2.09. The molecule has 0 aliphatic heterocycles. The number of hydrogen-bond donors (Lipinski definition) is 1. The maximum atomic E-state index is 5.88. The summed E-state index contributed by atoms with van der Waals surface area (Å²) in [4.78, 5) is 4.13. The molecule has 0 bridgehead atoms. The van der Waals surface area contributed by atoms with Gasteiger partial charge in [-0.15, -0.1) is 0 Å². The second-order valence-corrected chi connectivity index (χ2v) is 4.72. The van der Waals surface area contributed by atoms with Crippen LogP contribution >= 0.6 is 11.6 Å². The van der Waals surface area contributed by atoms with Crippen molar-refractivity contribution in [2.45, 2.75) is 26.2 Å². The minimum absolute atomic E-state index is 0.589. The van der Waals surface area contributed by atoms with Crippen LogP contribution in [0.2, 0.25) is 5.15 Å². The molecule has 1 aromatic rings. The number of hydrogen-bond acceptors (Lipinski definition) is 2. The number of rotatable bonds is 3. The second kappa shape index (κ2) is 5.35. The zero-order valence-electron chi connectivity index (χ0n) is 9.54. The van der Waals surface area contributed by atoms with Crippen molar-refractivity contribution in [2.24, 2.45) is 5.92 Å². The van der Waals surface area contributed by atoms with E-state index in [1.165, 1.54) is 19.3 Å². The minimum atomic E-state index is 0.589. The van der Waals surface area contributed by atoms with Crippen LogP contribution in [0.25, 0.3) is 0 Å². The van der Waals surface area contributed by atoms with Gasteiger partial charge in [-0.2, -0.15) is 0 Å². The summed E-state index contributed by atoms with van der Waals surface area (Å²) in [5, 5.41) is 4.02. The molecule has 0 saturated carbocycles. The molecule has 3 heteroatoms. The van der Waals surface area contributed by atoms with Crippen molar-refractivity contribution in [3.05, 3.63) is 35.1 Å². The molecule has 0 spiro atoms. The third-order valence-electron chi connectivity index (χ3n) is 2.99. The van der Waals surface area contributed by atoms with Gasteiger partial charge in [0.2, 0.25) is 0 Å². The normalized spacial score (nSPS) is 19.8. The Morgan fingerprint density at radius 3 is 3.06 bits per heavy atom. The van der Waals surface area contributed by atoms with Crippen molar-refractivity contribution in [2.75, 3.05) is 11.9 Å². The van der Waals surface area contributed by atoms with E-state index in [4.69, 9.17) is 11.6 Å². The van der Waals surface area contributed by atoms with Gasteiger partial charge in [-0.25, -0.2) is 4.98 Å². The summed E-state index contributed by atoms with van der Waals surface area (Å²) in [5.74, 6) is 0.751. The zero-order valence-corrected chi connectivity index (χ0v) is 10.3. The van der Waals surface area contributed by atoms with Gasteiger partial charge in [-0.3, -0.25) is 0 Å². The molecule has 0 aromatic carbocycles. The molecule has 2 nitrogen and oxygen atoms in total. The predicted molar refractivity (Wildman–Crippen MR) is 69.0 cm³/mol. The Morgan fingerprint density at radius 2 is 2.38 bits per heavy atom. The van der Waals surface area contributed by atoms with E-state index in [9.17, 15) is 0 Å². The first-order valence-electron chi connectivity index (χ1n) is 5.76. The Hall–Kier alpha value is -1.02. The van der Waals surface area contributed by atoms with Crippen LogP contribution in [-0.2, 0) is 0 Å². The van der Waals surface area contributed by atoms with Crippen LogP contribution < -0.4 is 5.32 Å². The van der Waals surface area contributed by atoms with E-state index in [1.54, 1.807) is 6.20 Å². The lowest BCUT2D eigenvalue weighted by Crippen LogP contribution is -2.15. The van der Waals surface area contributed by atoms with Gasteiger partial charge in [-0.05, 0) is 43.7 Å². The van der Waals surface area contributed by atoms with E-state index in [1.807, 2.05) is 13.0 Å². The highest BCUT2D eigenvalue weighted by molar-refractivity contribution is 6.30. The van der Waals surface area contributed by atoms with Crippen LogP contribution in [0.3, 0.4) is 0 Å². The molecule has 1 aliphatic rings. The summed E-state index contributed by atoms with van der Waals surface area (Å²) in [5.41, 5.74) is 2.09. The summed E-state index contributed by atoms with van der Waals surface area (Å²) in [6, 6.07) is 2.05. The fourth-order valence-corrected chi connectivity index (χ4v) is 2.06. The maximum absolute atomic E-state index is 5.88. The predicted octanol–water partition coefficient (Wildman–Crippen LogP) is 3.81. The molecule has 86 valence electrons. The first-order valence-corrected chi connectivity index (χ1v) is 6.14. The van der Waals surface area contributed by atoms with Crippen molar-refractivity contribution in [1.29, 1.82) is 0 Å². The Morgan fingerprint density at radius 1 is 1.50 bits per heavy atom. The van der Waals surface area contributed by atoms with E-state index in [0.717, 1.165) is 23.7 Å². The van der Waals surface area contributed by atoms with Gasteiger partial charge in [0.1, 0.15) is 5.15 Å². The van der Waals surface area contributed by atoms with Gasteiger partial charge < -0.3 is 5.32 Å². The van der Waals surface area contributed by atoms with Crippen LogP contribution in [0.1, 0.15) is 24.8 Å². The zero-order chi connectivity index (χ0) is 11.4. The number of allylic oxidation sites excluding steroid dienone is 2. The largest absolute Gasteiger partial charge is 0.384 e. The number of pyridine rings is 1. The molecule has 1 unspecified atom stereocenters. The van der Waals surface area contributed by atoms with Crippen molar-refractivity contribution < 1.29 is 0 Å². The highest BCUT2D eigenvalue weighted by atomic mass is 35.5. The van der Waals surface area contributed by atoms with Gasteiger partial charge in [0, 0.05) is 6.54 Å². The molecule has 0 amide bonds. The molecule has 1 heterocycles. The Balaban J connectivity index is 1.89. The van der Waals surface area contributed by atoms with Crippen LogP contribution in [0.5, 0.6) is 0 Å². The summed E-state index contributed by atoms with van der Waals surface area (Å²) in [6.45, 7) is 3.00. The number of halogens is 1. The topological polar surface area (TPSA) is 24.9 Å². The summed E-state index contributed by atoms with van der Waals surface area (Å²) >= 11 is 5.88. The molecule has 16 heavy (non-hydrogen) atoms.